The number of benzene rings is 1. The van der Waals surface area contributed by atoms with Gasteiger partial charge >= 0.3 is 0 Å². The third-order valence-electron chi connectivity index (χ3n) is 3.03. The van der Waals surface area contributed by atoms with Crippen molar-refractivity contribution in [1.82, 2.24) is 5.32 Å². The van der Waals surface area contributed by atoms with Crippen LogP contribution in [-0.2, 0) is 4.79 Å². The number of methoxy groups -OCH3 is 1. The normalized spacial score (nSPS) is 18.6. The molecule has 1 heterocycles. The maximum atomic E-state index is 12.0. The lowest BCUT2D eigenvalue weighted by Gasteiger charge is -2.22. The van der Waals surface area contributed by atoms with E-state index in [1.165, 1.54) is 0 Å². The van der Waals surface area contributed by atoms with E-state index in [2.05, 4.69) is 10.6 Å². The molecule has 1 amide bonds. The average Bonchev–Trinajstić information content (AvgIpc) is 2.40. The van der Waals surface area contributed by atoms with Gasteiger partial charge in [0.15, 0.2) is 0 Å². The number of carbonyl (C=O) groups excluding carboxylic acids is 1. The Bertz CT molecular complexity index is 392. The van der Waals surface area contributed by atoms with Gasteiger partial charge < -0.3 is 15.4 Å². The number of ether oxygens (including phenoxy) is 1. The van der Waals surface area contributed by atoms with Gasteiger partial charge in [-0.2, -0.15) is 0 Å². The minimum Gasteiger partial charge on any atom is -0.495 e. The predicted molar refractivity (Wildman–Crippen MR) is 74.5 cm³/mol. The summed E-state index contributed by atoms with van der Waals surface area (Å²) >= 11 is 0. The van der Waals surface area contributed by atoms with E-state index in [-0.39, 0.29) is 24.2 Å². The number of hydrogen-bond acceptors (Lipinski definition) is 3. The molecule has 1 atom stereocenters. The highest BCUT2D eigenvalue weighted by Gasteiger charge is 2.21. The summed E-state index contributed by atoms with van der Waals surface area (Å²) in [4.78, 5) is 12.0. The number of amides is 1. The Labute approximate surface area is 114 Å². The van der Waals surface area contributed by atoms with Crippen molar-refractivity contribution in [2.24, 2.45) is 5.92 Å². The van der Waals surface area contributed by atoms with Crippen LogP contribution in [0.1, 0.15) is 12.8 Å². The van der Waals surface area contributed by atoms with Crippen molar-refractivity contribution < 1.29 is 9.53 Å². The molecule has 100 valence electrons. The van der Waals surface area contributed by atoms with Crippen LogP contribution in [0.4, 0.5) is 5.69 Å². The smallest absolute Gasteiger partial charge is 0.228 e. The van der Waals surface area contributed by atoms with Gasteiger partial charge in [0.1, 0.15) is 5.75 Å². The minimum atomic E-state index is 0. The van der Waals surface area contributed by atoms with E-state index in [0.717, 1.165) is 31.6 Å². The Hall–Kier alpha value is -1.26. The molecule has 5 heteroatoms. The fourth-order valence-electron chi connectivity index (χ4n) is 2.06. The van der Waals surface area contributed by atoms with E-state index < -0.39 is 0 Å². The van der Waals surface area contributed by atoms with Crippen molar-refractivity contribution in [3.63, 3.8) is 0 Å². The molecular formula is C13H19ClN2O2. The standard InChI is InChI=1S/C13H18N2O2.ClH/c1-17-12-7-3-2-6-11(12)15-13(16)10-5-4-8-14-9-10;/h2-3,6-7,10,14H,4-5,8-9H2,1H3,(H,15,16);1H/t10-;/m1./s1. The molecule has 18 heavy (non-hydrogen) atoms. The van der Waals surface area contributed by atoms with Gasteiger partial charge in [0.05, 0.1) is 18.7 Å². The number of carbonyl (C=O) groups is 1. The fourth-order valence-corrected chi connectivity index (χ4v) is 2.06. The Morgan fingerprint density at radius 2 is 2.22 bits per heavy atom. The first-order chi connectivity index (χ1) is 8.31. The summed E-state index contributed by atoms with van der Waals surface area (Å²) in [6, 6.07) is 7.47. The van der Waals surface area contributed by atoms with Crippen LogP contribution >= 0.6 is 12.4 Å². The lowest BCUT2D eigenvalue weighted by Crippen LogP contribution is -2.37. The summed E-state index contributed by atoms with van der Waals surface area (Å²) < 4.78 is 5.20. The third kappa shape index (κ3) is 3.62. The molecule has 0 unspecified atom stereocenters. The zero-order chi connectivity index (χ0) is 12.1. The molecule has 1 aromatic rings. The van der Waals surface area contributed by atoms with Crippen LogP contribution in [0.5, 0.6) is 5.75 Å². The summed E-state index contributed by atoms with van der Waals surface area (Å²) in [5.74, 6) is 0.833. The Kier molecular flexibility index (Phi) is 5.95. The summed E-state index contributed by atoms with van der Waals surface area (Å²) in [5.41, 5.74) is 0.741. The summed E-state index contributed by atoms with van der Waals surface area (Å²) in [6.45, 7) is 1.78. The first kappa shape index (κ1) is 14.8. The second-order valence-corrected chi connectivity index (χ2v) is 4.23. The molecule has 0 saturated carbocycles. The van der Waals surface area contributed by atoms with Crippen molar-refractivity contribution in [2.75, 3.05) is 25.5 Å². The van der Waals surface area contributed by atoms with E-state index >= 15 is 0 Å². The second kappa shape index (κ2) is 7.24. The number of para-hydroxylation sites is 2. The summed E-state index contributed by atoms with van der Waals surface area (Å²) in [6.07, 6.45) is 2.01. The molecule has 0 spiro atoms. The first-order valence-electron chi connectivity index (χ1n) is 5.96. The third-order valence-corrected chi connectivity index (χ3v) is 3.03. The predicted octanol–water partition coefficient (Wildman–Crippen LogP) is 2.06. The van der Waals surface area contributed by atoms with Gasteiger partial charge in [-0.1, -0.05) is 12.1 Å². The van der Waals surface area contributed by atoms with E-state index in [9.17, 15) is 4.79 Å². The molecule has 0 aliphatic carbocycles. The molecular weight excluding hydrogens is 252 g/mol. The first-order valence-corrected chi connectivity index (χ1v) is 5.96. The van der Waals surface area contributed by atoms with Crippen LogP contribution < -0.4 is 15.4 Å². The number of nitrogens with one attached hydrogen (secondary N) is 2. The van der Waals surface area contributed by atoms with Crippen molar-refractivity contribution in [3.05, 3.63) is 24.3 Å². The molecule has 1 fully saturated rings. The molecule has 1 saturated heterocycles. The van der Waals surface area contributed by atoms with Crippen LogP contribution in [0.3, 0.4) is 0 Å². The number of halogens is 1. The molecule has 1 aliphatic rings. The van der Waals surface area contributed by atoms with Gasteiger partial charge in [0.2, 0.25) is 5.91 Å². The van der Waals surface area contributed by atoms with E-state index in [0.29, 0.717) is 5.75 Å². The fraction of sp³-hybridized carbons (Fsp3) is 0.462. The van der Waals surface area contributed by atoms with E-state index in [1.807, 2.05) is 24.3 Å². The van der Waals surface area contributed by atoms with Crippen molar-refractivity contribution in [1.29, 1.82) is 0 Å². The van der Waals surface area contributed by atoms with Gasteiger partial charge in [0, 0.05) is 6.54 Å². The van der Waals surface area contributed by atoms with Crippen molar-refractivity contribution >= 4 is 24.0 Å². The van der Waals surface area contributed by atoms with Crippen LogP contribution in [0.2, 0.25) is 0 Å². The highest BCUT2D eigenvalue weighted by Crippen LogP contribution is 2.24. The molecule has 0 bridgehead atoms. The number of hydrogen-bond donors (Lipinski definition) is 2. The Balaban J connectivity index is 0.00000162. The number of piperidine rings is 1. The van der Waals surface area contributed by atoms with Gasteiger partial charge in [-0.05, 0) is 31.5 Å². The second-order valence-electron chi connectivity index (χ2n) is 4.23. The highest BCUT2D eigenvalue weighted by atomic mass is 35.5. The zero-order valence-corrected chi connectivity index (χ0v) is 11.3. The molecule has 1 aliphatic heterocycles. The molecule has 0 radical (unpaired) electrons. The number of rotatable bonds is 3. The van der Waals surface area contributed by atoms with Crippen molar-refractivity contribution in [3.8, 4) is 5.75 Å². The minimum absolute atomic E-state index is 0. The molecule has 2 rings (SSSR count). The summed E-state index contributed by atoms with van der Waals surface area (Å²) in [7, 11) is 1.60. The SMILES string of the molecule is COc1ccccc1NC(=O)[C@@H]1CCCNC1.Cl. The lowest BCUT2D eigenvalue weighted by atomic mass is 9.99. The Morgan fingerprint density at radius 1 is 1.44 bits per heavy atom. The van der Waals surface area contributed by atoms with Crippen LogP contribution in [0.15, 0.2) is 24.3 Å². The lowest BCUT2D eigenvalue weighted by molar-refractivity contribution is -0.120. The Morgan fingerprint density at radius 3 is 2.89 bits per heavy atom. The average molecular weight is 271 g/mol. The zero-order valence-electron chi connectivity index (χ0n) is 10.4. The topological polar surface area (TPSA) is 50.4 Å². The highest BCUT2D eigenvalue weighted by molar-refractivity contribution is 5.94. The van der Waals surface area contributed by atoms with E-state index in [4.69, 9.17) is 4.74 Å². The quantitative estimate of drug-likeness (QED) is 0.884. The van der Waals surface area contributed by atoms with Gasteiger partial charge in [0.25, 0.3) is 0 Å². The maximum absolute atomic E-state index is 12.0. The van der Waals surface area contributed by atoms with Crippen LogP contribution in [0, 0.1) is 5.92 Å². The van der Waals surface area contributed by atoms with Crippen LogP contribution in [-0.4, -0.2) is 26.1 Å². The maximum Gasteiger partial charge on any atom is 0.228 e. The largest absolute Gasteiger partial charge is 0.495 e. The molecule has 2 N–H and O–H groups in total. The van der Waals surface area contributed by atoms with Gasteiger partial charge in [-0.15, -0.1) is 12.4 Å². The molecule has 4 nitrogen and oxygen atoms in total. The molecule has 0 aromatic heterocycles. The molecule has 1 aromatic carbocycles. The van der Waals surface area contributed by atoms with E-state index in [1.54, 1.807) is 7.11 Å². The van der Waals surface area contributed by atoms with Crippen molar-refractivity contribution in [2.45, 2.75) is 12.8 Å². The van der Waals surface area contributed by atoms with Gasteiger partial charge in [-0.25, -0.2) is 0 Å². The number of anilines is 1. The van der Waals surface area contributed by atoms with Crippen LogP contribution in [0.25, 0.3) is 0 Å². The monoisotopic (exact) mass is 270 g/mol. The van der Waals surface area contributed by atoms with Gasteiger partial charge in [-0.3, -0.25) is 4.79 Å². The summed E-state index contributed by atoms with van der Waals surface area (Å²) in [5, 5.41) is 6.17.